The fourth-order valence-electron chi connectivity index (χ4n) is 2.80. The normalized spacial score (nSPS) is 19.8. The van der Waals surface area contributed by atoms with E-state index in [1.54, 1.807) is 12.1 Å². The van der Waals surface area contributed by atoms with Crippen molar-refractivity contribution in [2.75, 3.05) is 5.75 Å². The average molecular weight is 251 g/mol. The molecule has 0 spiro atoms. The summed E-state index contributed by atoms with van der Waals surface area (Å²) < 4.78 is 1.85. The van der Waals surface area contributed by atoms with E-state index in [9.17, 15) is 4.79 Å². The second-order valence-electron chi connectivity index (χ2n) is 5.24. The van der Waals surface area contributed by atoms with E-state index in [1.807, 2.05) is 16.8 Å². The largest absolute Gasteiger partial charge is 0.315 e. The minimum atomic E-state index is 0.109. The van der Waals surface area contributed by atoms with Crippen molar-refractivity contribution in [2.45, 2.75) is 45.1 Å². The molecule has 2 nitrogen and oxygen atoms in total. The van der Waals surface area contributed by atoms with Gasteiger partial charge in [0.1, 0.15) is 0 Å². The van der Waals surface area contributed by atoms with Crippen LogP contribution in [0.2, 0.25) is 0 Å². The number of aromatic nitrogens is 1. The number of hydrogen-bond acceptors (Lipinski definition) is 2. The van der Waals surface area contributed by atoms with Gasteiger partial charge in [-0.3, -0.25) is 4.79 Å². The Morgan fingerprint density at radius 3 is 2.47 bits per heavy atom. The molecule has 94 valence electrons. The van der Waals surface area contributed by atoms with Crippen LogP contribution < -0.4 is 5.56 Å². The lowest BCUT2D eigenvalue weighted by molar-refractivity contribution is 0.238. The van der Waals surface area contributed by atoms with Crippen LogP contribution in [-0.4, -0.2) is 10.3 Å². The highest BCUT2D eigenvalue weighted by Crippen LogP contribution is 2.37. The quantitative estimate of drug-likeness (QED) is 0.647. The van der Waals surface area contributed by atoms with E-state index in [-0.39, 0.29) is 11.0 Å². The third-order valence-corrected chi connectivity index (χ3v) is 4.58. The summed E-state index contributed by atoms with van der Waals surface area (Å²) in [6.45, 7) is 0.830. The molecule has 1 aliphatic carbocycles. The van der Waals surface area contributed by atoms with E-state index < -0.39 is 0 Å². The number of thiol groups is 1. The first kappa shape index (κ1) is 12.7. The third-order valence-electron chi connectivity index (χ3n) is 3.90. The molecule has 1 aromatic rings. The second-order valence-corrected chi connectivity index (χ2v) is 5.56. The zero-order chi connectivity index (χ0) is 12.1. The predicted octanol–water partition coefficient (Wildman–Crippen LogP) is 3.12. The van der Waals surface area contributed by atoms with Crippen molar-refractivity contribution in [3.8, 4) is 0 Å². The lowest BCUT2D eigenvalue weighted by atomic mass is 9.82. The Kier molecular flexibility index (Phi) is 4.32. The standard InChI is InChI=1S/C14H21NOS/c16-13-7-3-6-10-15(13)11-14(12-17)8-4-1-2-5-9-14/h3,6-7,10,17H,1-2,4-5,8-9,11-12H2. The first-order valence-corrected chi connectivity index (χ1v) is 7.15. The highest BCUT2D eigenvalue weighted by Gasteiger charge is 2.30. The van der Waals surface area contributed by atoms with Crippen LogP contribution in [0.5, 0.6) is 0 Å². The highest BCUT2D eigenvalue weighted by atomic mass is 32.1. The summed E-state index contributed by atoms with van der Waals surface area (Å²) >= 11 is 4.55. The van der Waals surface area contributed by atoms with Crippen LogP contribution in [-0.2, 0) is 6.54 Å². The average Bonchev–Trinajstić information content (AvgIpc) is 2.58. The summed E-state index contributed by atoms with van der Waals surface area (Å²) in [6, 6.07) is 5.38. The summed E-state index contributed by atoms with van der Waals surface area (Å²) in [7, 11) is 0. The van der Waals surface area contributed by atoms with Gasteiger partial charge in [0.05, 0.1) is 0 Å². The summed E-state index contributed by atoms with van der Waals surface area (Å²) in [5.74, 6) is 0.883. The Balaban J connectivity index is 2.18. The van der Waals surface area contributed by atoms with Crippen molar-refractivity contribution in [2.24, 2.45) is 5.41 Å². The molecule has 0 saturated heterocycles. The molecule has 1 aromatic heterocycles. The molecule has 17 heavy (non-hydrogen) atoms. The van der Waals surface area contributed by atoms with Crippen molar-refractivity contribution in [1.82, 2.24) is 4.57 Å². The molecule has 1 heterocycles. The number of hydrogen-bond donors (Lipinski definition) is 1. The fraction of sp³-hybridized carbons (Fsp3) is 0.643. The molecule has 0 N–H and O–H groups in total. The molecule has 1 saturated carbocycles. The summed E-state index contributed by atoms with van der Waals surface area (Å²) in [5.41, 5.74) is 0.336. The topological polar surface area (TPSA) is 22.0 Å². The molecular weight excluding hydrogens is 230 g/mol. The zero-order valence-electron chi connectivity index (χ0n) is 10.3. The van der Waals surface area contributed by atoms with Gasteiger partial charge in [0.2, 0.25) is 0 Å². The predicted molar refractivity (Wildman–Crippen MR) is 74.7 cm³/mol. The maximum atomic E-state index is 11.8. The van der Waals surface area contributed by atoms with Gasteiger partial charge in [0.25, 0.3) is 5.56 Å². The van der Waals surface area contributed by atoms with Gasteiger partial charge < -0.3 is 4.57 Å². The molecule has 0 bridgehead atoms. The Morgan fingerprint density at radius 2 is 1.88 bits per heavy atom. The van der Waals surface area contributed by atoms with E-state index in [1.165, 1.54) is 38.5 Å². The lowest BCUT2D eigenvalue weighted by Crippen LogP contribution is -2.33. The molecule has 0 unspecified atom stereocenters. The van der Waals surface area contributed by atoms with Gasteiger partial charge in [0, 0.05) is 18.8 Å². The summed E-state index contributed by atoms with van der Waals surface area (Å²) in [6.07, 6.45) is 9.54. The Labute approximate surface area is 108 Å². The van der Waals surface area contributed by atoms with E-state index in [0.29, 0.717) is 0 Å². The van der Waals surface area contributed by atoms with Gasteiger partial charge in [-0.05, 0) is 30.1 Å². The second kappa shape index (κ2) is 5.76. The molecule has 1 fully saturated rings. The van der Waals surface area contributed by atoms with Crippen LogP contribution in [0.1, 0.15) is 38.5 Å². The van der Waals surface area contributed by atoms with Gasteiger partial charge in [0.15, 0.2) is 0 Å². The third kappa shape index (κ3) is 3.15. The molecule has 3 heteroatoms. The van der Waals surface area contributed by atoms with Crippen LogP contribution in [0.25, 0.3) is 0 Å². The first-order valence-electron chi connectivity index (χ1n) is 6.52. The molecule has 1 aliphatic rings. The van der Waals surface area contributed by atoms with Crippen LogP contribution in [0.15, 0.2) is 29.2 Å². The van der Waals surface area contributed by atoms with Crippen LogP contribution >= 0.6 is 12.6 Å². The molecule has 0 atom stereocenters. The molecule has 2 rings (SSSR count). The van der Waals surface area contributed by atoms with E-state index >= 15 is 0 Å². The minimum absolute atomic E-state index is 0.109. The van der Waals surface area contributed by atoms with E-state index in [4.69, 9.17) is 0 Å². The van der Waals surface area contributed by atoms with Crippen molar-refractivity contribution in [3.05, 3.63) is 34.7 Å². The van der Waals surface area contributed by atoms with E-state index in [2.05, 4.69) is 12.6 Å². The van der Waals surface area contributed by atoms with Gasteiger partial charge >= 0.3 is 0 Å². The number of pyridine rings is 1. The van der Waals surface area contributed by atoms with Crippen LogP contribution in [0, 0.1) is 5.41 Å². The van der Waals surface area contributed by atoms with Crippen molar-refractivity contribution in [3.63, 3.8) is 0 Å². The van der Waals surface area contributed by atoms with Crippen molar-refractivity contribution >= 4 is 12.6 Å². The maximum absolute atomic E-state index is 11.8. The van der Waals surface area contributed by atoms with Crippen LogP contribution in [0.4, 0.5) is 0 Å². The monoisotopic (exact) mass is 251 g/mol. The smallest absolute Gasteiger partial charge is 0.250 e. The Morgan fingerprint density at radius 1 is 1.18 bits per heavy atom. The van der Waals surface area contributed by atoms with Crippen LogP contribution in [0.3, 0.4) is 0 Å². The fourth-order valence-corrected chi connectivity index (χ4v) is 3.21. The molecule has 0 aliphatic heterocycles. The summed E-state index contributed by atoms with van der Waals surface area (Å²) in [4.78, 5) is 11.8. The Hall–Kier alpha value is -0.700. The molecule has 0 radical (unpaired) electrons. The van der Waals surface area contributed by atoms with Crippen molar-refractivity contribution < 1.29 is 0 Å². The van der Waals surface area contributed by atoms with Gasteiger partial charge in [-0.25, -0.2) is 0 Å². The zero-order valence-corrected chi connectivity index (χ0v) is 11.2. The van der Waals surface area contributed by atoms with E-state index in [0.717, 1.165) is 12.3 Å². The number of nitrogens with zero attached hydrogens (tertiary/aromatic N) is 1. The first-order chi connectivity index (χ1) is 8.26. The van der Waals surface area contributed by atoms with Gasteiger partial charge in [-0.15, -0.1) is 0 Å². The van der Waals surface area contributed by atoms with Crippen molar-refractivity contribution in [1.29, 1.82) is 0 Å². The maximum Gasteiger partial charge on any atom is 0.250 e. The molecular formula is C14H21NOS. The summed E-state index contributed by atoms with van der Waals surface area (Å²) in [5, 5.41) is 0. The van der Waals surface area contributed by atoms with Gasteiger partial charge in [-0.2, -0.15) is 12.6 Å². The van der Waals surface area contributed by atoms with Gasteiger partial charge in [-0.1, -0.05) is 31.7 Å². The molecule has 0 amide bonds. The minimum Gasteiger partial charge on any atom is -0.315 e. The highest BCUT2D eigenvalue weighted by molar-refractivity contribution is 7.80. The lowest BCUT2D eigenvalue weighted by Gasteiger charge is -2.31. The molecule has 0 aromatic carbocycles. The SMILES string of the molecule is O=c1ccccn1CC1(CS)CCCCCC1. The Bertz CT molecular complexity index is 405. The number of rotatable bonds is 3.